The predicted molar refractivity (Wildman–Crippen MR) is 94.7 cm³/mol. The van der Waals surface area contributed by atoms with Crippen molar-refractivity contribution in [3.8, 4) is 0 Å². The third-order valence-corrected chi connectivity index (χ3v) is 5.18. The van der Waals surface area contributed by atoms with Gasteiger partial charge in [-0.1, -0.05) is 45.0 Å². The van der Waals surface area contributed by atoms with Crippen LogP contribution in [-0.4, -0.2) is 29.4 Å². The van der Waals surface area contributed by atoms with E-state index in [1.54, 1.807) is 16.2 Å². The van der Waals surface area contributed by atoms with Crippen LogP contribution in [0.15, 0.2) is 17.5 Å². The summed E-state index contributed by atoms with van der Waals surface area (Å²) in [6.07, 6.45) is 4.16. The Kier molecular flexibility index (Phi) is 7.32. The summed E-state index contributed by atoms with van der Waals surface area (Å²) in [5.74, 6) is 0.0789. The van der Waals surface area contributed by atoms with Crippen LogP contribution in [0.3, 0.4) is 0 Å². The molecule has 0 radical (unpaired) electrons. The monoisotopic (exact) mass is 326 g/mol. The average Bonchev–Trinajstić information content (AvgIpc) is 2.96. The third-order valence-electron chi connectivity index (χ3n) is 3.86. The molecule has 1 aromatic rings. The van der Waals surface area contributed by atoms with Gasteiger partial charge in [0.15, 0.2) is 0 Å². The van der Waals surface area contributed by atoms with E-state index in [1.807, 2.05) is 13.1 Å². The van der Waals surface area contributed by atoms with Gasteiger partial charge in [-0.25, -0.2) is 0 Å². The number of hydrogen-bond acceptors (Lipinski definition) is 3. The predicted octanol–water partition coefficient (Wildman–Crippen LogP) is 3.62. The number of hydrogen-bond donors (Lipinski definition) is 1. The standard InChI is InChI=1S/C16H26N2OS2/c1-4-9-16(10-5-2,14(17)20)15(19)18(3)11-8-13-7-6-12-21-13/h6-7,12H,4-5,8-11H2,1-3H3,(H2,17,20). The third kappa shape index (κ3) is 4.51. The van der Waals surface area contributed by atoms with Crippen molar-refractivity contribution in [2.45, 2.75) is 46.0 Å². The summed E-state index contributed by atoms with van der Waals surface area (Å²) in [7, 11) is 1.86. The van der Waals surface area contributed by atoms with Gasteiger partial charge in [-0.15, -0.1) is 11.3 Å². The van der Waals surface area contributed by atoms with Gasteiger partial charge >= 0.3 is 0 Å². The molecule has 0 bridgehead atoms. The second-order valence-electron chi connectivity index (χ2n) is 5.50. The number of carbonyl (C=O) groups is 1. The van der Waals surface area contributed by atoms with Crippen LogP contribution in [0, 0.1) is 5.41 Å². The summed E-state index contributed by atoms with van der Waals surface area (Å²) in [5, 5.41) is 2.06. The number of thiocarbonyl (C=S) groups is 1. The highest BCUT2D eigenvalue weighted by atomic mass is 32.1. The van der Waals surface area contributed by atoms with Crippen molar-refractivity contribution >= 4 is 34.5 Å². The summed E-state index contributed by atoms with van der Waals surface area (Å²) in [4.78, 5) is 16.3. The van der Waals surface area contributed by atoms with Gasteiger partial charge in [0.05, 0.1) is 10.4 Å². The quantitative estimate of drug-likeness (QED) is 0.705. The molecule has 0 spiro atoms. The molecule has 5 heteroatoms. The van der Waals surface area contributed by atoms with Gasteiger partial charge in [-0.05, 0) is 30.7 Å². The van der Waals surface area contributed by atoms with Gasteiger partial charge in [0, 0.05) is 18.5 Å². The van der Waals surface area contributed by atoms with Gasteiger partial charge < -0.3 is 10.6 Å². The Labute approximate surface area is 137 Å². The van der Waals surface area contributed by atoms with Crippen LogP contribution in [0.4, 0.5) is 0 Å². The van der Waals surface area contributed by atoms with E-state index in [1.165, 1.54) is 4.88 Å². The summed E-state index contributed by atoms with van der Waals surface area (Å²) >= 11 is 6.97. The maximum atomic E-state index is 12.9. The van der Waals surface area contributed by atoms with Gasteiger partial charge in [0.25, 0.3) is 0 Å². The fourth-order valence-electron chi connectivity index (χ4n) is 2.74. The van der Waals surface area contributed by atoms with Crippen molar-refractivity contribution in [2.24, 2.45) is 11.1 Å². The SMILES string of the molecule is CCCC(CCC)(C(=O)N(C)CCc1cccs1)C(N)=S. The van der Waals surface area contributed by atoms with Gasteiger partial charge in [-0.2, -0.15) is 0 Å². The first-order valence-electron chi connectivity index (χ1n) is 7.55. The fourth-order valence-corrected chi connectivity index (χ4v) is 3.73. The van der Waals surface area contributed by atoms with Crippen molar-refractivity contribution in [3.05, 3.63) is 22.4 Å². The molecule has 21 heavy (non-hydrogen) atoms. The first-order chi connectivity index (χ1) is 9.97. The molecular weight excluding hydrogens is 300 g/mol. The summed E-state index contributed by atoms with van der Waals surface area (Å²) in [6.45, 7) is 4.85. The van der Waals surface area contributed by atoms with Crippen LogP contribution in [0.25, 0.3) is 0 Å². The molecule has 0 unspecified atom stereocenters. The molecule has 1 heterocycles. The number of nitrogens with two attached hydrogens (primary N) is 1. The highest BCUT2D eigenvalue weighted by molar-refractivity contribution is 7.80. The van der Waals surface area contributed by atoms with Gasteiger partial charge in [0.1, 0.15) is 0 Å². The summed E-state index contributed by atoms with van der Waals surface area (Å²) < 4.78 is 0. The molecule has 1 amide bonds. The number of rotatable bonds is 9. The van der Waals surface area contributed by atoms with E-state index in [0.29, 0.717) is 11.5 Å². The van der Waals surface area contributed by atoms with E-state index < -0.39 is 5.41 Å². The molecule has 0 saturated heterocycles. The average molecular weight is 327 g/mol. The van der Waals surface area contributed by atoms with Crippen molar-refractivity contribution in [1.82, 2.24) is 4.90 Å². The molecule has 0 saturated carbocycles. The lowest BCUT2D eigenvalue weighted by Gasteiger charge is -2.35. The number of amides is 1. The minimum Gasteiger partial charge on any atom is -0.392 e. The molecule has 0 aliphatic heterocycles. The molecule has 0 atom stereocenters. The summed E-state index contributed by atoms with van der Waals surface area (Å²) in [6, 6.07) is 4.14. The number of likely N-dealkylation sites (N-methyl/N-ethyl adjacent to an activating group) is 1. The van der Waals surface area contributed by atoms with Gasteiger partial charge in [0.2, 0.25) is 5.91 Å². The second-order valence-corrected chi connectivity index (χ2v) is 6.97. The van der Waals surface area contributed by atoms with E-state index in [2.05, 4.69) is 25.3 Å². The van der Waals surface area contributed by atoms with Crippen molar-refractivity contribution < 1.29 is 4.79 Å². The molecular formula is C16H26N2OS2. The molecule has 0 aliphatic carbocycles. The van der Waals surface area contributed by atoms with Crippen molar-refractivity contribution in [3.63, 3.8) is 0 Å². The Balaban J connectivity index is 2.80. The van der Waals surface area contributed by atoms with Crippen molar-refractivity contribution in [2.75, 3.05) is 13.6 Å². The van der Waals surface area contributed by atoms with Crippen LogP contribution < -0.4 is 5.73 Å². The Morgan fingerprint density at radius 2 is 2.00 bits per heavy atom. The lowest BCUT2D eigenvalue weighted by molar-refractivity contribution is -0.137. The zero-order valence-electron chi connectivity index (χ0n) is 13.2. The first-order valence-corrected chi connectivity index (χ1v) is 8.84. The highest BCUT2D eigenvalue weighted by Gasteiger charge is 2.41. The minimum atomic E-state index is -0.664. The minimum absolute atomic E-state index is 0.0789. The lowest BCUT2D eigenvalue weighted by atomic mass is 9.77. The molecule has 1 rings (SSSR count). The normalized spacial score (nSPS) is 11.4. The molecule has 0 fully saturated rings. The number of nitrogens with zero attached hydrogens (tertiary/aromatic N) is 1. The van der Waals surface area contributed by atoms with E-state index in [0.717, 1.165) is 32.1 Å². The van der Waals surface area contributed by atoms with Crippen LogP contribution in [0.2, 0.25) is 0 Å². The first kappa shape index (κ1) is 18.1. The Morgan fingerprint density at radius 1 is 1.38 bits per heavy atom. The number of carbonyl (C=O) groups excluding carboxylic acids is 1. The maximum absolute atomic E-state index is 12.9. The molecule has 0 aliphatic rings. The van der Waals surface area contributed by atoms with Crippen LogP contribution in [0.5, 0.6) is 0 Å². The maximum Gasteiger partial charge on any atom is 0.235 e. The van der Waals surface area contributed by atoms with Crippen LogP contribution >= 0.6 is 23.6 Å². The lowest BCUT2D eigenvalue weighted by Crippen LogP contribution is -2.49. The van der Waals surface area contributed by atoms with E-state index in [4.69, 9.17) is 18.0 Å². The molecule has 1 aromatic heterocycles. The molecule has 118 valence electrons. The number of thiophene rings is 1. The van der Waals surface area contributed by atoms with Crippen LogP contribution in [-0.2, 0) is 11.2 Å². The van der Waals surface area contributed by atoms with Crippen LogP contribution in [0.1, 0.15) is 44.4 Å². The molecule has 0 aromatic carbocycles. The zero-order valence-corrected chi connectivity index (χ0v) is 14.9. The largest absolute Gasteiger partial charge is 0.392 e. The van der Waals surface area contributed by atoms with Gasteiger partial charge in [-0.3, -0.25) is 4.79 Å². The topological polar surface area (TPSA) is 46.3 Å². The smallest absolute Gasteiger partial charge is 0.235 e. The Morgan fingerprint density at radius 3 is 2.43 bits per heavy atom. The second kappa shape index (κ2) is 8.49. The molecule has 3 nitrogen and oxygen atoms in total. The zero-order chi connectivity index (χ0) is 15.9. The van der Waals surface area contributed by atoms with E-state index in [9.17, 15) is 4.79 Å². The fraction of sp³-hybridized carbons (Fsp3) is 0.625. The van der Waals surface area contributed by atoms with E-state index in [-0.39, 0.29) is 5.91 Å². The highest BCUT2D eigenvalue weighted by Crippen LogP contribution is 2.32. The Bertz CT molecular complexity index is 451. The summed E-state index contributed by atoms with van der Waals surface area (Å²) in [5.41, 5.74) is 5.30. The van der Waals surface area contributed by atoms with Crippen molar-refractivity contribution in [1.29, 1.82) is 0 Å². The molecule has 2 N–H and O–H groups in total. The Hall–Kier alpha value is -0.940. The van der Waals surface area contributed by atoms with E-state index >= 15 is 0 Å².